The van der Waals surface area contributed by atoms with E-state index in [9.17, 15) is 0 Å². The smallest absolute Gasteiger partial charge is 0.0408 e. The second-order valence-electron chi connectivity index (χ2n) is 4.65. The van der Waals surface area contributed by atoms with Gasteiger partial charge in [0, 0.05) is 5.02 Å². The molecule has 0 saturated heterocycles. The minimum atomic E-state index is 0.679. The molecule has 0 amide bonds. The van der Waals surface area contributed by atoms with Crippen molar-refractivity contribution < 1.29 is 0 Å². The molecule has 0 spiro atoms. The van der Waals surface area contributed by atoms with Crippen molar-refractivity contribution in [1.82, 2.24) is 5.32 Å². The third-order valence-electron chi connectivity index (χ3n) is 2.99. The van der Waals surface area contributed by atoms with Crippen molar-refractivity contribution in [3.8, 4) is 0 Å². The van der Waals surface area contributed by atoms with Crippen LogP contribution in [0.15, 0.2) is 24.3 Å². The maximum atomic E-state index is 6.00. The van der Waals surface area contributed by atoms with E-state index in [0.29, 0.717) is 11.8 Å². The molecule has 16 heavy (non-hydrogen) atoms. The van der Waals surface area contributed by atoms with Gasteiger partial charge in [-0.05, 0) is 49.0 Å². The van der Waals surface area contributed by atoms with Crippen LogP contribution in [0.2, 0.25) is 5.02 Å². The summed E-state index contributed by atoms with van der Waals surface area (Å²) in [4.78, 5) is 0. The minimum Gasteiger partial charge on any atom is -0.317 e. The highest BCUT2D eigenvalue weighted by atomic mass is 35.5. The number of hydrogen-bond donors (Lipinski definition) is 1. The third kappa shape index (κ3) is 4.54. The quantitative estimate of drug-likeness (QED) is 0.797. The molecule has 0 aliphatic rings. The predicted octanol–water partition coefficient (Wildman–Crippen LogP) is 3.76. The highest BCUT2D eigenvalue weighted by Crippen LogP contribution is 2.19. The van der Waals surface area contributed by atoms with Crippen LogP contribution in [0.3, 0.4) is 0 Å². The van der Waals surface area contributed by atoms with E-state index in [1.807, 2.05) is 12.1 Å². The third-order valence-corrected chi connectivity index (χ3v) is 3.22. The standard InChI is InChI=1S/C14H22ClN/c1-4-16-10-13(11(2)3)8-12-6-5-7-14(15)9-12/h5-7,9,11,13,16H,4,8,10H2,1-3H3. The molecule has 0 aromatic heterocycles. The van der Waals surface area contributed by atoms with Gasteiger partial charge in [-0.15, -0.1) is 0 Å². The zero-order valence-electron chi connectivity index (χ0n) is 10.5. The van der Waals surface area contributed by atoms with Crippen molar-refractivity contribution in [1.29, 1.82) is 0 Å². The van der Waals surface area contributed by atoms with Crippen molar-refractivity contribution in [2.45, 2.75) is 27.2 Å². The Morgan fingerprint density at radius 1 is 1.31 bits per heavy atom. The van der Waals surface area contributed by atoms with Gasteiger partial charge in [0.15, 0.2) is 0 Å². The second-order valence-corrected chi connectivity index (χ2v) is 5.08. The number of halogens is 1. The van der Waals surface area contributed by atoms with Crippen LogP contribution in [0, 0.1) is 11.8 Å². The van der Waals surface area contributed by atoms with Gasteiger partial charge in [0.1, 0.15) is 0 Å². The van der Waals surface area contributed by atoms with E-state index in [1.54, 1.807) is 0 Å². The second kappa shape index (κ2) is 6.93. The van der Waals surface area contributed by atoms with E-state index >= 15 is 0 Å². The van der Waals surface area contributed by atoms with Crippen molar-refractivity contribution in [2.75, 3.05) is 13.1 Å². The van der Waals surface area contributed by atoms with Gasteiger partial charge in [-0.25, -0.2) is 0 Å². The molecule has 1 N–H and O–H groups in total. The number of rotatable bonds is 6. The summed E-state index contributed by atoms with van der Waals surface area (Å²) in [5.74, 6) is 1.37. The molecule has 1 nitrogen and oxygen atoms in total. The van der Waals surface area contributed by atoms with E-state index in [2.05, 4.69) is 38.2 Å². The molecule has 1 aromatic carbocycles. The van der Waals surface area contributed by atoms with Crippen LogP contribution in [0.4, 0.5) is 0 Å². The van der Waals surface area contributed by atoms with Crippen LogP contribution >= 0.6 is 11.6 Å². The maximum absolute atomic E-state index is 6.00. The molecule has 0 heterocycles. The van der Waals surface area contributed by atoms with Crippen LogP contribution in [0.5, 0.6) is 0 Å². The molecule has 0 aliphatic carbocycles. The summed E-state index contributed by atoms with van der Waals surface area (Å²) in [5.41, 5.74) is 1.34. The lowest BCUT2D eigenvalue weighted by Gasteiger charge is -2.21. The molecule has 0 saturated carbocycles. The molecule has 1 unspecified atom stereocenters. The monoisotopic (exact) mass is 239 g/mol. The summed E-state index contributed by atoms with van der Waals surface area (Å²) in [5, 5.41) is 4.27. The van der Waals surface area contributed by atoms with E-state index in [0.717, 1.165) is 24.5 Å². The SMILES string of the molecule is CCNCC(Cc1cccc(Cl)c1)C(C)C. The van der Waals surface area contributed by atoms with E-state index in [4.69, 9.17) is 11.6 Å². The van der Waals surface area contributed by atoms with E-state index in [-0.39, 0.29) is 0 Å². The molecule has 0 bridgehead atoms. The first-order valence-corrected chi connectivity index (χ1v) is 6.46. The van der Waals surface area contributed by atoms with Gasteiger partial charge in [-0.3, -0.25) is 0 Å². The van der Waals surface area contributed by atoms with Gasteiger partial charge in [0.25, 0.3) is 0 Å². The number of hydrogen-bond acceptors (Lipinski definition) is 1. The normalized spacial score (nSPS) is 13.1. The Labute approximate surface area is 104 Å². The lowest BCUT2D eigenvalue weighted by Crippen LogP contribution is -2.27. The maximum Gasteiger partial charge on any atom is 0.0408 e. The van der Waals surface area contributed by atoms with Gasteiger partial charge in [0.05, 0.1) is 0 Å². The Kier molecular flexibility index (Phi) is 5.86. The first kappa shape index (κ1) is 13.5. The summed E-state index contributed by atoms with van der Waals surface area (Å²) in [6.45, 7) is 8.84. The van der Waals surface area contributed by atoms with Gasteiger partial charge >= 0.3 is 0 Å². The largest absolute Gasteiger partial charge is 0.317 e. The van der Waals surface area contributed by atoms with E-state index < -0.39 is 0 Å². The Bertz CT molecular complexity index is 309. The molecular weight excluding hydrogens is 218 g/mol. The van der Waals surface area contributed by atoms with Gasteiger partial charge in [-0.1, -0.05) is 44.5 Å². The Morgan fingerprint density at radius 2 is 2.06 bits per heavy atom. The van der Waals surface area contributed by atoms with Crippen molar-refractivity contribution in [2.24, 2.45) is 11.8 Å². The van der Waals surface area contributed by atoms with Crippen LogP contribution in [0.25, 0.3) is 0 Å². The lowest BCUT2D eigenvalue weighted by atomic mass is 9.89. The molecule has 1 atom stereocenters. The highest BCUT2D eigenvalue weighted by molar-refractivity contribution is 6.30. The summed E-state index contributed by atoms with van der Waals surface area (Å²) >= 11 is 6.00. The molecule has 0 radical (unpaired) electrons. The summed E-state index contributed by atoms with van der Waals surface area (Å²) in [6.07, 6.45) is 1.10. The fraction of sp³-hybridized carbons (Fsp3) is 0.571. The van der Waals surface area contributed by atoms with Crippen molar-refractivity contribution >= 4 is 11.6 Å². The van der Waals surface area contributed by atoms with Crippen LogP contribution in [0.1, 0.15) is 26.3 Å². The predicted molar refractivity (Wildman–Crippen MR) is 72.0 cm³/mol. The Balaban J connectivity index is 2.60. The molecule has 0 aliphatic heterocycles. The van der Waals surface area contributed by atoms with E-state index in [1.165, 1.54) is 5.56 Å². The van der Waals surface area contributed by atoms with Crippen molar-refractivity contribution in [3.05, 3.63) is 34.9 Å². The Hall–Kier alpha value is -0.530. The fourth-order valence-corrected chi connectivity index (χ4v) is 2.05. The average molecular weight is 240 g/mol. The minimum absolute atomic E-state index is 0.679. The zero-order valence-corrected chi connectivity index (χ0v) is 11.2. The van der Waals surface area contributed by atoms with Gasteiger partial charge in [0.2, 0.25) is 0 Å². The number of nitrogens with one attached hydrogen (secondary N) is 1. The molecular formula is C14H22ClN. The van der Waals surface area contributed by atoms with Gasteiger partial charge < -0.3 is 5.32 Å². The topological polar surface area (TPSA) is 12.0 Å². The van der Waals surface area contributed by atoms with Crippen molar-refractivity contribution in [3.63, 3.8) is 0 Å². The molecule has 0 fully saturated rings. The summed E-state index contributed by atoms with van der Waals surface area (Å²) in [6, 6.07) is 8.19. The summed E-state index contributed by atoms with van der Waals surface area (Å²) < 4.78 is 0. The van der Waals surface area contributed by atoms with Crippen LogP contribution in [-0.2, 0) is 6.42 Å². The van der Waals surface area contributed by atoms with Gasteiger partial charge in [-0.2, -0.15) is 0 Å². The fourth-order valence-electron chi connectivity index (χ4n) is 1.84. The first-order valence-electron chi connectivity index (χ1n) is 6.08. The molecule has 1 aromatic rings. The first-order chi connectivity index (χ1) is 7.63. The molecule has 1 rings (SSSR count). The molecule has 2 heteroatoms. The number of benzene rings is 1. The van der Waals surface area contributed by atoms with Crippen LogP contribution in [-0.4, -0.2) is 13.1 Å². The lowest BCUT2D eigenvalue weighted by molar-refractivity contribution is 0.364. The van der Waals surface area contributed by atoms with Crippen LogP contribution < -0.4 is 5.32 Å². The zero-order chi connectivity index (χ0) is 12.0. The average Bonchev–Trinajstić information content (AvgIpc) is 2.24. The molecule has 90 valence electrons. The highest BCUT2D eigenvalue weighted by Gasteiger charge is 2.13. The Morgan fingerprint density at radius 3 is 2.62 bits per heavy atom. The summed E-state index contributed by atoms with van der Waals surface area (Å²) in [7, 11) is 0.